The van der Waals surface area contributed by atoms with Gasteiger partial charge in [0, 0.05) is 11.3 Å². The van der Waals surface area contributed by atoms with E-state index in [9.17, 15) is 14.0 Å². The topological polar surface area (TPSA) is 112 Å². The van der Waals surface area contributed by atoms with Crippen LogP contribution >= 0.6 is 22.9 Å². The van der Waals surface area contributed by atoms with Gasteiger partial charge in [-0.2, -0.15) is 0 Å². The van der Waals surface area contributed by atoms with E-state index in [0.29, 0.717) is 17.0 Å². The Kier molecular flexibility index (Phi) is 6.23. The number of benzene rings is 2. The molecule has 4 N–H and O–H groups in total. The lowest BCUT2D eigenvalue weighted by Crippen LogP contribution is -2.40. The minimum atomic E-state index is -0.860. The molecular weight excluding hydrogens is 431 g/mol. The maximum Gasteiger partial charge on any atom is 0.240 e. The molecule has 1 amide bonds. The molecule has 1 aromatic heterocycles. The van der Waals surface area contributed by atoms with Crippen LogP contribution in [0.25, 0.3) is 0 Å². The van der Waals surface area contributed by atoms with Crippen molar-refractivity contribution in [3.63, 3.8) is 0 Å². The van der Waals surface area contributed by atoms with E-state index in [1.807, 2.05) is 0 Å². The summed E-state index contributed by atoms with van der Waals surface area (Å²) >= 11 is 6.89. The van der Waals surface area contributed by atoms with Crippen LogP contribution in [0, 0.1) is 5.82 Å². The molecule has 0 spiro atoms. The van der Waals surface area contributed by atoms with E-state index >= 15 is 0 Å². The minimum Gasteiger partial charge on any atom is -0.497 e. The van der Waals surface area contributed by atoms with E-state index in [1.165, 1.54) is 30.2 Å². The number of nitrogen functional groups attached to an aromatic ring is 1. The molecule has 0 bridgehead atoms. The van der Waals surface area contributed by atoms with Crippen molar-refractivity contribution in [3.05, 3.63) is 63.7 Å². The molecule has 3 aromatic rings. The number of nitrogens with two attached hydrogens (primary N) is 2. The van der Waals surface area contributed by atoms with Gasteiger partial charge in [-0.25, -0.2) is 9.37 Å². The number of hydrogen-bond donors (Lipinski definition) is 2. The van der Waals surface area contributed by atoms with Gasteiger partial charge >= 0.3 is 0 Å². The molecule has 7 nitrogen and oxygen atoms in total. The molecule has 0 aliphatic carbocycles. The van der Waals surface area contributed by atoms with Crippen LogP contribution in [-0.4, -0.2) is 29.8 Å². The van der Waals surface area contributed by atoms with Gasteiger partial charge in [-0.15, -0.1) is 0 Å². The first-order valence-corrected chi connectivity index (χ1v) is 9.91. The molecule has 2 aromatic carbocycles. The van der Waals surface area contributed by atoms with Gasteiger partial charge in [-0.3, -0.25) is 9.59 Å². The maximum atomic E-state index is 13.6. The monoisotopic (exact) mass is 448 g/mol. The number of halogens is 2. The normalized spacial score (nSPS) is 11.7. The van der Waals surface area contributed by atoms with Gasteiger partial charge in [0.25, 0.3) is 0 Å². The zero-order valence-corrected chi connectivity index (χ0v) is 17.6. The number of hydrogen-bond acceptors (Lipinski definition) is 7. The quantitative estimate of drug-likeness (QED) is 0.532. The van der Waals surface area contributed by atoms with Gasteiger partial charge in [-0.1, -0.05) is 22.9 Å². The Morgan fingerprint density at radius 1 is 1.23 bits per heavy atom. The van der Waals surface area contributed by atoms with Crippen molar-refractivity contribution < 1.29 is 18.7 Å². The molecule has 3 rings (SSSR count). The highest BCUT2D eigenvalue weighted by molar-refractivity contribution is 7.18. The Balaban J connectivity index is 2.04. The van der Waals surface area contributed by atoms with E-state index in [-0.39, 0.29) is 26.6 Å². The number of rotatable bonds is 7. The molecule has 10 heteroatoms. The van der Waals surface area contributed by atoms with Crippen LogP contribution in [0.3, 0.4) is 0 Å². The fraction of sp³-hybridized carbons (Fsp3) is 0.150. The highest BCUT2D eigenvalue weighted by Gasteiger charge is 2.27. The molecule has 0 radical (unpaired) electrons. The molecule has 30 heavy (non-hydrogen) atoms. The number of aromatic nitrogens is 1. The van der Waals surface area contributed by atoms with Gasteiger partial charge in [-0.05, 0) is 49.4 Å². The lowest BCUT2D eigenvalue weighted by molar-refractivity contribution is -0.118. The third-order valence-corrected chi connectivity index (χ3v) is 5.75. The molecule has 0 aliphatic rings. The summed E-state index contributed by atoms with van der Waals surface area (Å²) in [5.41, 5.74) is 12.3. The number of amides is 1. The Labute approximate surface area is 181 Å². The summed E-state index contributed by atoms with van der Waals surface area (Å²) in [5, 5.41) is 0.117. The first kappa shape index (κ1) is 21.5. The summed E-state index contributed by atoms with van der Waals surface area (Å²) in [7, 11) is 1.53. The smallest absolute Gasteiger partial charge is 0.240 e. The third kappa shape index (κ3) is 4.22. The van der Waals surface area contributed by atoms with Crippen molar-refractivity contribution in [3.8, 4) is 5.75 Å². The number of methoxy groups -OCH3 is 1. The summed E-state index contributed by atoms with van der Waals surface area (Å²) in [6.07, 6.45) is 0. The third-order valence-electron chi connectivity index (χ3n) is 4.39. The van der Waals surface area contributed by atoms with Crippen molar-refractivity contribution in [2.24, 2.45) is 5.73 Å². The number of primary amides is 1. The number of carbonyl (C=O) groups excluding carboxylic acids is 2. The van der Waals surface area contributed by atoms with Crippen molar-refractivity contribution >= 4 is 51.3 Å². The second-order valence-corrected chi connectivity index (χ2v) is 7.70. The number of ether oxygens (including phenoxy) is 1. The van der Waals surface area contributed by atoms with Crippen LogP contribution in [0.15, 0.2) is 42.5 Å². The molecule has 0 saturated carbocycles. The second kappa shape index (κ2) is 8.68. The largest absolute Gasteiger partial charge is 0.497 e. The number of anilines is 3. The van der Waals surface area contributed by atoms with Crippen LogP contribution < -0.4 is 21.1 Å². The number of carbonyl (C=O) groups is 2. The summed E-state index contributed by atoms with van der Waals surface area (Å²) in [6, 6.07) is 9.63. The molecular formula is C20H18ClFN4O3S. The minimum absolute atomic E-state index is 0.00528. The molecule has 1 heterocycles. The zero-order valence-electron chi connectivity index (χ0n) is 16.1. The average Bonchev–Trinajstić information content (AvgIpc) is 3.11. The summed E-state index contributed by atoms with van der Waals surface area (Å²) in [4.78, 5) is 30.7. The summed E-state index contributed by atoms with van der Waals surface area (Å²) in [6.45, 7) is 1.56. The number of nitrogens with zero attached hydrogens (tertiary/aromatic N) is 2. The van der Waals surface area contributed by atoms with Crippen molar-refractivity contribution in [2.45, 2.75) is 13.0 Å². The van der Waals surface area contributed by atoms with Gasteiger partial charge in [0.05, 0.1) is 12.1 Å². The van der Waals surface area contributed by atoms with Gasteiger partial charge in [0.15, 0.2) is 5.13 Å². The van der Waals surface area contributed by atoms with Crippen LogP contribution in [0.5, 0.6) is 5.75 Å². The van der Waals surface area contributed by atoms with E-state index in [0.717, 1.165) is 11.3 Å². The van der Waals surface area contributed by atoms with Gasteiger partial charge in [0.1, 0.15) is 28.3 Å². The van der Waals surface area contributed by atoms with Gasteiger partial charge < -0.3 is 21.1 Å². The molecule has 0 saturated heterocycles. The van der Waals surface area contributed by atoms with E-state index in [4.69, 9.17) is 27.8 Å². The Bertz CT molecular complexity index is 1100. The van der Waals surface area contributed by atoms with E-state index < -0.39 is 17.8 Å². The highest BCUT2D eigenvalue weighted by atomic mass is 35.5. The van der Waals surface area contributed by atoms with Gasteiger partial charge in [0.2, 0.25) is 11.7 Å². The van der Waals surface area contributed by atoms with Crippen LogP contribution in [0.4, 0.5) is 21.0 Å². The molecule has 1 atom stereocenters. The Morgan fingerprint density at radius 2 is 1.90 bits per heavy atom. The standard InChI is InChI=1S/C20H18ClFN4O3S/c1-10(19(24)28)26(12-5-8-15(22)14(21)9-12)20-25-18(23)17(30-20)16(27)11-3-6-13(29-2)7-4-11/h3-10H,23H2,1-2H3,(H2,24,28)/t10-/m1/s1. The summed E-state index contributed by atoms with van der Waals surface area (Å²) in [5.74, 6) is -0.971. The average molecular weight is 449 g/mol. The fourth-order valence-corrected chi connectivity index (χ4v) is 3.95. The second-order valence-electron chi connectivity index (χ2n) is 6.32. The van der Waals surface area contributed by atoms with E-state index in [1.54, 1.807) is 31.2 Å². The molecule has 0 fully saturated rings. The number of ketones is 1. The van der Waals surface area contributed by atoms with Crippen LogP contribution in [0.1, 0.15) is 22.2 Å². The fourth-order valence-electron chi connectivity index (χ4n) is 2.72. The van der Waals surface area contributed by atoms with Crippen LogP contribution in [0.2, 0.25) is 5.02 Å². The first-order chi connectivity index (χ1) is 14.2. The summed E-state index contributed by atoms with van der Waals surface area (Å²) < 4.78 is 18.7. The number of thiazole rings is 1. The lowest BCUT2D eigenvalue weighted by atomic mass is 10.1. The Hall–Kier alpha value is -3.17. The predicted octanol–water partition coefficient (Wildman–Crippen LogP) is 3.77. The molecule has 0 unspecified atom stereocenters. The lowest BCUT2D eigenvalue weighted by Gasteiger charge is -2.26. The Morgan fingerprint density at radius 3 is 2.47 bits per heavy atom. The molecule has 0 aliphatic heterocycles. The van der Waals surface area contributed by atoms with Crippen molar-refractivity contribution in [1.29, 1.82) is 0 Å². The SMILES string of the molecule is COc1ccc(C(=O)c2sc(N(c3ccc(F)c(Cl)c3)[C@H](C)C(N)=O)nc2N)cc1. The van der Waals surface area contributed by atoms with Crippen LogP contribution in [-0.2, 0) is 4.79 Å². The predicted molar refractivity (Wildman–Crippen MR) is 115 cm³/mol. The first-order valence-electron chi connectivity index (χ1n) is 8.71. The maximum absolute atomic E-state index is 13.6. The van der Waals surface area contributed by atoms with Crippen molar-refractivity contribution in [2.75, 3.05) is 17.7 Å². The van der Waals surface area contributed by atoms with Crippen molar-refractivity contribution in [1.82, 2.24) is 4.98 Å². The zero-order chi connectivity index (χ0) is 22.0. The highest BCUT2D eigenvalue weighted by Crippen LogP contribution is 2.37. The molecule has 156 valence electrons. The van der Waals surface area contributed by atoms with E-state index in [2.05, 4.69) is 4.98 Å².